The molecule has 0 saturated heterocycles. The van der Waals surface area contributed by atoms with Gasteiger partial charge in [-0.2, -0.15) is 0 Å². The van der Waals surface area contributed by atoms with E-state index < -0.39 is 12.1 Å². The Bertz CT molecular complexity index is 1010. The summed E-state index contributed by atoms with van der Waals surface area (Å²) >= 11 is 0. The summed E-state index contributed by atoms with van der Waals surface area (Å²) < 4.78 is 5.49. The van der Waals surface area contributed by atoms with E-state index in [0.29, 0.717) is 25.9 Å². The molecule has 6 nitrogen and oxygen atoms in total. The zero-order valence-corrected chi connectivity index (χ0v) is 47.8. The Labute approximate surface area is 438 Å². The number of aliphatic hydroxyl groups is 2. The molecule has 2 atom stereocenters. The van der Waals surface area contributed by atoms with Crippen molar-refractivity contribution in [2.45, 2.75) is 386 Å². The number of ether oxygens (including phenoxy) is 1. The molecule has 0 saturated carbocycles. The van der Waals surface area contributed by atoms with E-state index in [-0.39, 0.29) is 18.5 Å². The van der Waals surface area contributed by atoms with Gasteiger partial charge in [-0.05, 0) is 25.7 Å². The minimum Gasteiger partial charge on any atom is -0.466 e. The highest BCUT2D eigenvalue weighted by Gasteiger charge is 2.20. The lowest BCUT2D eigenvalue weighted by Gasteiger charge is -2.22. The maximum atomic E-state index is 12.5. The van der Waals surface area contributed by atoms with Crippen LogP contribution in [0.15, 0.2) is 0 Å². The molecular formula is C64H127NO5. The van der Waals surface area contributed by atoms with E-state index in [2.05, 4.69) is 19.2 Å². The Kier molecular flexibility index (Phi) is 59.4. The van der Waals surface area contributed by atoms with Gasteiger partial charge < -0.3 is 20.3 Å². The zero-order chi connectivity index (χ0) is 50.7. The second-order valence-electron chi connectivity index (χ2n) is 22.5. The molecule has 418 valence electrons. The van der Waals surface area contributed by atoms with Crippen molar-refractivity contribution in [2.75, 3.05) is 13.2 Å². The van der Waals surface area contributed by atoms with Crippen LogP contribution in [-0.4, -0.2) is 47.4 Å². The van der Waals surface area contributed by atoms with E-state index in [1.165, 1.54) is 302 Å². The molecule has 0 aromatic heterocycles. The third-order valence-electron chi connectivity index (χ3n) is 15.4. The molecule has 0 aliphatic carbocycles. The third-order valence-corrected chi connectivity index (χ3v) is 15.4. The predicted octanol–water partition coefficient (Wildman–Crippen LogP) is 20.3. The standard InChI is InChI=1S/C64H127NO5/c1-3-5-7-9-11-13-15-17-19-20-25-29-32-36-40-44-48-52-56-62(67)61(60-66)65-63(68)57-53-49-45-41-37-33-30-26-23-21-22-24-27-31-35-39-43-47-51-55-59-70-64(69)58-54-50-46-42-38-34-28-18-16-14-12-10-8-6-4-2/h61-62,66-67H,3-60H2,1-2H3,(H,65,68). The first kappa shape index (κ1) is 68.9. The zero-order valence-electron chi connectivity index (χ0n) is 47.8. The van der Waals surface area contributed by atoms with Gasteiger partial charge in [-0.3, -0.25) is 9.59 Å². The minimum absolute atomic E-state index is 0.0148. The van der Waals surface area contributed by atoms with Crippen LogP contribution in [0.25, 0.3) is 0 Å². The van der Waals surface area contributed by atoms with Crippen molar-refractivity contribution in [3.63, 3.8) is 0 Å². The minimum atomic E-state index is -0.665. The number of carbonyl (C=O) groups excluding carboxylic acids is 2. The molecule has 70 heavy (non-hydrogen) atoms. The van der Waals surface area contributed by atoms with Crippen LogP contribution in [0.5, 0.6) is 0 Å². The fraction of sp³-hybridized carbons (Fsp3) is 0.969. The molecule has 0 heterocycles. The van der Waals surface area contributed by atoms with Crippen LogP contribution in [0.3, 0.4) is 0 Å². The van der Waals surface area contributed by atoms with Crippen molar-refractivity contribution in [1.29, 1.82) is 0 Å². The summed E-state index contributed by atoms with van der Waals surface area (Å²) in [5.41, 5.74) is 0. The van der Waals surface area contributed by atoms with Gasteiger partial charge in [-0.1, -0.05) is 335 Å². The second kappa shape index (κ2) is 60.4. The monoisotopic (exact) mass is 990 g/mol. The molecule has 0 spiro atoms. The Morgan fingerprint density at radius 2 is 0.586 bits per heavy atom. The first-order chi connectivity index (χ1) is 34.5. The molecule has 2 unspecified atom stereocenters. The second-order valence-corrected chi connectivity index (χ2v) is 22.5. The molecule has 3 N–H and O–H groups in total. The molecule has 0 aromatic rings. The molecular weight excluding hydrogens is 863 g/mol. The first-order valence-corrected chi connectivity index (χ1v) is 32.3. The summed E-state index contributed by atoms with van der Waals surface area (Å²) in [4.78, 5) is 24.6. The number of nitrogens with one attached hydrogen (secondary N) is 1. The van der Waals surface area contributed by atoms with Crippen LogP contribution in [-0.2, 0) is 14.3 Å². The normalized spacial score (nSPS) is 12.5. The summed E-state index contributed by atoms with van der Waals surface area (Å²) in [6, 6.07) is -0.542. The van der Waals surface area contributed by atoms with Gasteiger partial charge in [0.15, 0.2) is 0 Å². The lowest BCUT2D eigenvalue weighted by molar-refractivity contribution is -0.143. The smallest absolute Gasteiger partial charge is 0.305 e. The van der Waals surface area contributed by atoms with Crippen molar-refractivity contribution in [1.82, 2.24) is 5.32 Å². The quantitative estimate of drug-likeness (QED) is 0.0417. The van der Waals surface area contributed by atoms with Crippen molar-refractivity contribution < 1.29 is 24.5 Å². The average molecular weight is 991 g/mol. The van der Waals surface area contributed by atoms with Crippen LogP contribution in [0.2, 0.25) is 0 Å². The lowest BCUT2D eigenvalue weighted by Crippen LogP contribution is -2.45. The highest BCUT2D eigenvalue weighted by atomic mass is 16.5. The van der Waals surface area contributed by atoms with Crippen LogP contribution < -0.4 is 5.32 Å². The van der Waals surface area contributed by atoms with Gasteiger partial charge in [0, 0.05) is 12.8 Å². The maximum absolute atomic E-state index is 12.5. The number of unbranched alkanes of at least 4 members (excludes halogenated alkanes) is 50. The maximum Gasteiger partial charge on any atom is 0.305 e. The van der Waals surface area contributed by atoms with E-state index in [4.69, 9.17) is 4.74 Å². The first-order valence-electron chi connectivity index (χ1n) is 32.3. The van der Waals surface area contributed by atoms with Gasteiger partial charge in [0.1, 0.15) is 0 Å². The van der Waals surface area contributed by atoms with Gasteiger partial charge in [0.2, 0.25) is 5.91 Å². The van der Waals surface area contributed by atoms with E-state index in [0.717, 1.165) is 38.5 Å². The number of amides is 1. The summed E-state index contributed by atoms with van der Waals surface area (Å²) in [7, 11) is 0. The molecule has 0 aliphatic rings. The van der Waals surface area contributed by atoms with E-state index >= 15 is 0 Å². The van der Waals surface area contributed by atoms with Gasteiger partial charge in [-0.25, -0.2) is 0 Å². The van der Waals surface area contributed by atoms with Crippen molar-refractivity contribution in [3.05, 3.63) is 0 Å². The summed E-state index contributed by atoms with van der Waals surface area (Å²) in [5, 5.41) is 23.4. The molecule has 6 heteroatoms. The van der Waals surface area contributed by atoms with Gasteiger partial charge in [0.05, 0.1) is 25.4 Å². The molecule has 0 rings (SSSR count). The van der Waals surface area contributed by atoms with Crippen molar-refractivity contribution in [3.8, 4) is 0 Å². The molecule has 0 aromatic carbocycles. The summed E-state index contributed by atoms with van der Waals surface area (Å²) in [5.74, 6) is -0.0177. The molecule has 0 radical (unpaired) electrons. The van der Waals surface area contributed by atoms with Crippen LogP contribution in [0.4, 0.5) is 0 Å². The van der Waals surface area contributed by atoms with E-state index in [1.807, 2.05) is 0 Å². The third kappa shape index (κ3) is 56.2. The Hall–Kier alpha value is -1.14. The molecule has 0 aliphatic heterocycles. The fourth-order valence-electron chi connectivity index (χ4n) is 10.5. The topological polar surface area (TPSA) is 95.9 Å². The SMILES string of the molecule is CCCCCCCCCCCCCCCCCCCCC(O)C(CO)NC(=O)CCCCCCCCCCCCCCCCCCCCCCOC(=O)CCCCCCCCCCCCCCCCC. The van der Waals surface area contributed by atoms with Gasteiger partial charge >= 0.3 is 5.97 Å². The van der Waals surface area contributed by atoms with Crippen LogP contribution in [0, 0.1) is 0 Å². The van der Waals surface area contributed by atoms with E-state index in [9.17, 15) is 19.8 Å². The van der Waals surface area contributed by atoms with Crippen LogP contribution >= 0.6 is 0 Å². The number of aliphatic hydroxyl groups excluding tert-OH is 2. The Balaban J connectivity index is 3.37. The molecule has 0 bridgehead atoms. The van der Waals surface area contributed by atoms with E-state index in [1.54, 1.807) is 0 Å². The summed E-state index contributed by atoms with van der Waals surface area (Å²) in [6.45, 7) is 4.99. The Morgan fingerprint density at radius 1 is 0.343 bits per heavy atom. The highest BCUT2D eigenvalue weighted by molar-refractivity contribution is 5.76. The number of rotatable bonds is 61. The summed E-state index contributed by atoms with van der Waals surface area (Å²) in [6.07, 6.45) is 71.1. The number of hydrogen-bond acceptors (Lipinski definition) is 5. The molecule has 0 fully saturated rings. The fourth-order valence-corrected chi connectivity index (χ4v) is 10.5. The average Bonchev–Trinajstić information content (AvgIpc) is 3.36. The number of esters is 1. The van der Waals surface area contributed by atoms with Gasteiger partial charge in [-0.15, -0.1) is 0 Å². The lowest BCUT2D eigenvalue weighted by atomic mass is 10.0. The predicted molar refractivity (Wildman–Crippen MR) is 306 cm³/mol. The van der Waals surface area contributed by atoms with Gasteiger partial charge in [0.25, 0.3) is 0 Å². The largest absolute Gasteiger partial charge is 0.466 e. The number of carbonyl (C=O) groups is 2. The number of hydrogen-bond donors (Lipinski definition) is 3. The Morgan fingerprint density at radius 3 is 0.871 bits per heavy atom. The van der Waals surface area contributed by atoms with Crippen molar-refractivity contribution in [2.24, 2.45) is 0 Å². The van der Waals surface area contributed by atoms with Crippen molar-refractivity contribution >= 4 is 11.9 Å². The molecule has 1 amide bonds. The highest BCUT2D eigenvalue weighted by Crippen LogP contribution is 2.19. The van der Waals surface area contributed by atoms with Crippen LogP contribution in [0.1, 0.15) is 373 Å².